The summed E-state index contributed by atoms with van der Waals surface area (Å²) in [4.78, 5) is 0. The van der Waals surface area contributed by atoms with E-state index in [1.807, 2.05) is 0 Å². The number of aryl methyl sites for hydroxylation is 1. The van der Waals surface area contributed by atoms with Gasteiger partial charge in [0.1, 0.15) is 12.7 Å². The minimum absolute atomic E-state index is 0.121. The van der Waals surface area contributed by atoms with Crippen LogP contribution in [0.25, 0.3) is 0 Å². The number of epoxide rings is 1. The van der Waals surface area contributed by atoms with Gasteiger partial charge in [0.25, 0.3) is 6.43 Å². The first-order chi connectivity index (χ1) is 16.4. The monoisotopic (exact) mass is 482 g/mol. The van der Waals surface area contributed by atoms with Crippen molar-refractivity contribution < 1.29 is 31.4 Å². The molecule has 0 radical (unpaired) electrons. The van der Waals surface area contributed by atoms with E-state index in [1.165, 1.54) is 49.9 Å². The first-order valence-corrected chi connectivity index (χ1v) is 12.2. The number of rotatable bonds is 10. The van der Waals surface area contributed by atoms with E-state index in [4.69, 9.17) is 9.47 Å². The number of hydrogen-bond acceptors (Lipinski definition) is 2. The van der Waals surface area contributed by atoms with Crippen LogP contribution in [-0.2, 0) is 17.8 Å². The molecule has 4 rings (SSSR count). The van der Waals surface area contributed by atoms with Gasteiger partial charge in [0.2, 0.25) is 0 Å². The van der Waals surface area contributed by atoms with Crippen LogP contribution in [0.3, 0.4) is 0 Å². The predicted octanol–water partition coefficient (Wildman–Crippen LogP) is 8.23. The van der Waals surface area contributed by atoms with E-state index in [2.05, 4.69) is 6.92 Å². The fraction of sp³-hybridized carbons (Fsp3) is 0.556. The molecule has 1 aliphatic carbocycles. The highest BCUT2D eigenvalue weighted by Gasteiger charge is 2.30. The van der Waals surface area contributed by atoms with Gasteiger partial charge in [-0.1, -0.05) is 63.6 Å². The largest absolute Gasteiger partial charge is 0.486 e. The SMILES string of the molecule is CCCC1CCC(CCc2ccc(OCc3ccc(C4CO4)c(F)c3F)c(F)c2C(F)F)CC1. The van der Waals surface area contributed by atoms with E-state index in [1.54, 1.807) is 0 Å². The Kier molecular flexibility index (Phi) is 8.12. The standard InChI is InChI=1S/C27H31F5O2/c1-2-3-16-4-6-17(7-5-16)8-9-18-11-13-21(26(30)23(18)27(31)32)33-14-19-10-12-20(22-15-34-22)25(29)24(19)28/h10-13,16-17,22,27H,2-9,14-15H2,1H3. The molecule has 0 bridgehead atoms. The van der Waals surface area contributed by atoms with Crippen LogP contribution in [0, 0.1) is 29.3 Å². The number of halogens is 5. The van der Waals surface area contributed by atoms with Crippen molar-refractivity contribution in [2.45, 2.75) is 77.4 Å². The van der Waals surface area contributed by atoms with Gasteiger partial charge >= 0.3 is 0 Å². The average Bonchev–Trinajstić information content (AvgIpc) is 3.65. The summed E-state index contributed by atoms with van der Waals surface area (Å²) in [5.74, 6) is -2.43. The summed E-state index contributed by atoms with van der Waals surface area (Å²) in [6, 6.07) is 5.50. The highest BCUT2D eigenvalue weighted by atomic mass is 19.3. The van der Waals surface area contributed by atoms with Gasteiger partial charge in [0.15, 0.2) is 23.2 Å². The topological polar surface area (TPSA) is 21.8 Å². The van der Waals surface area contributed by atoms with E-state index in [-0.39, 0.29) is 16.7 Å². The normalized spacial score (nSPS) is 22.3. The van der Waals surface area contributed by atoms with Gasteiger partial charge in [-0.05, 0) is 36.3 Å². The molecule has 1 unspecified atom stereocenters. The van der Waals surface area contributed by atoms with Gasteiger partial charge in [0.05, 0.1) is 12.2 Å². The Morgan fingerprint density at radius 2 is 1.53 bits per heavy atom. The summed E-state index contributed by atoms with van der Waals surface area (Å²) < 4.78 is 81.3. The second-order valence-electron chi connectivity index (χ2n) is 9.52. The fourth-order valence-corrected chi connectivity index (χ4v) is 5.10. The van der Waals surface area contributed by atoms with Crippen LogP contribution in [0.5, 0.6) is 5.75 Å². The van der Waals surface area contributed by atoms with Gasteiger partial charge in [-0.25, -0.2) is 22.0 Å². The zero-order valence-electron chi connectivity index (χ0n) is 19.4. The average molecular weight is 483 g/mol. The lowest BCUT2D eigenvalue weighted by Crippen LogP contribution is -2.15. The Balaban J connectivity index is 1.41. The molecule has 1 saturated heterocycles. The van der Waals surface area contributed by atoms with Crippen LogP contribution in [0.2, 0.25) is 0 Å². The third-order valence-electron chi connectivity index (χ3n) is 7.19. The molecule has 1 aliphatic heterocycles. The Bertz CT molecular complexity index is 981. The third-order valence-corrected chi connectivity index (χ3v) is 7.19. The first-order valence-electron chi connectivity index (χ1n) is 12.2. The second kappa shape index (κ2) is 11.1. The highest BCUT2D eigenvalue weighted by molar-refractivity contribution is 5.39. The molecule has 0 N–H and O–H groups in total. The van der Waals surface area contributed by atoms with Crippen LogP contribution in [-0.4, -0.2) is 6.61 Å². The maximum Gasteiger partial charge on any atom is 0.267 e. The summed E-state index contributed by atoms with van der Waals surface area (Å²) in [7, 11) is 0. The van der Waals surface area contributed by atoms with Gasteiger partial charge in [-0.15, -0.1) is 0 Å². The minimum atomic E-state index is -2.99. The molecule has 2 aliphatic rings. The molecule has 0 amide bonds. The molecule has 0 spiro atoms. The fourth-order valence-electron chi connectivity index (χ4n) is 5.10. The molecule has 34 heavy (non-hydrogen) atoms. The molecule has 2 fully saturated rings. The quantitative estimate of drug-likeness (QED) is 0.251. The van der Waals surface area contributed by atoms with Crippen LogP contribution < -0.4 is 4.74 Å². The Labute approximate surface area is 197 Å². The van der Waals surface area contributed by atoms with Crippen LogP contribution >= 0.6 is 0 Å². The van der Waals surface area contributed by atoms with Gasteiger partial charge in [-0.2, -0.15) is 0 Å². The Morgan fingerprint density at radius 1 is 0.882 bits per heavy atom. The van der Waals surface area contributed by atoms with E-state index in [0.29, 0.717) is 18.9 Å². The number of benzene rings is 2. The maximum atomic E-state index is 15.0. The van der Waals surface area contributed by atoms with E-state index in [0.717, 1.165) is 25.2 Å². The van der Waals surface area contributed by atoms with Crippen LogP contribution in [0.15, 0.2) is 24.3 Å². The molecule has 7 heteroatoms. The lowest BCUT2D eigenvalue weighted by Gasteiger charge is -2.28. The van der Waals surface area contributed by atoms with Gasteiger partial charge in [-0.3, -0.25) is 0 Å². The molecule has 2 aromatic carbocycles. The van der Waals surface area contributed by atoms with Crippen molar-refractivity contribution in [2.75, 3.05) is 6.61 Å². The lowest BCUT2D eigenvalue weighted by molar-refractivity contribution is 0.143. The summed E-state index contributed by atoms with van der Waals surface area (Å²) >= 11 is 0. The van der Waals surface area contributed by atoms with Crippen molar-refractivity contribution in [3.8, 4) is 5.75 Å². The summed E-state index contributed by atoms with van der Waals surface area (Å²) in [6.45, 7) is 2.05. The Morgan fingerprint density at radius 3 is 2.15 bits per heavy atom. The van der Waals surface area contributed by atoms with Crippen molar-refractivity contribution in [2.24, 2.45) is 11.8 Å². The predicted molar refractivity (Wildman–Crippen MR) is 119 cm³/mol. The number of hydrogen-bond donors (Lipinski definition) is 0. The van der Waals surface area contributed by atoms with Crippen LogP contribution in [0.1, 0.15) is 86.7 Å². The molecule has 1 heterocycles. The molecule has 2 nitrogen and oxygen atoms in total. The van der Waals surface area contributed by atoms with Crippen LogP contribution in [0.4, 0.5) is 22.0 Å². The third kappa shape index (κ3) is 5.73. The lowest BCUT2D eigenvalue weighted by atomic mass is 9.78. The Hall–Kier alpha value is -2.15. The number of alkyl halides is 2. The van der Waals surface area contributed by atoms with E-state index < -0.39 is 47.9 Å². The zero-order chi connectivity index (χ0) is 24.2. The number of ether oxygens (including phenoxy) is 2. The van der Waals surface area contributed by atoms with Crippen molar-refractivity contribution in [3.63, 3.8) is 0 Å². The minimum Gasteiger partial charge on any atom is -0.486 e. The smallest absolute Gasteiger partial charge is 0.267 e. The molecule has 186 valence electrons. The van der Waals surface area contributed by atoms with Crippen molar-refractivity contribution in [3.05, 3.63) is 64.0 Å². The van der Waals surface area contributed by atoms with Gasteiger partial charge < -0.3 is 9.47 Å². The molecular formula is C27H31F5O2. The maximum absolute atomic E-state index is 15.0. The summed E-state index contributed by atoms with van der Waals surface area (Å²) in [5, 5.41) is 0. The molecular weight excluding hydrogens is 451 g/mol. The highest BCUT2D eigenvalue weighted by Crippen LogP contribution is 2.37. The summed E-state index contributed by atoms with van der Waals surface area (Å²) in [6.07, 6.45) is 4.64. The van der Waals surface area contributed by atoms with Crippen molar-refractivity contribution >= 4 is 0 Å². The zero-order valence-corrected chi connectivity index (χ0v) is 19.4. The molecule has 2 aromatic rings. The van der Waals surface area contributed by atoms with E-state index >= 15 is 0 Å². The second-order valence-corrected chi connectivity index (χ2v) is 9.52. The molecule has 1 saturated carbocycles. The summed E-state index contributed by atoms with van der Waals surface area (Å²) in [5.41, 5.74) is -0.384. The van der Waals surface area contributed by atoms with E-state index in [9.17, 15) is 22.0 Å². The first kappa shape index (κ1) is 25.0. The van der Waals surface area contributed by atoms with Gasteiger partial charge in [0, 0.05) is 11.1 Å². The molecule has 1 atom stereocenters. The van der Waals surface area contributed by atoms with Crippen molar-refractivity contribution in [1.82, 2.24) is 0 Å². The van der Waals surface area contributed by atoms with Crippen molar-refractivity contribution in [1.29, 1.82) is 0 Å². The molecule has 0 aromatic heterocycles.